The Hall–Kier alpha value is -1.40. The Morgan fingerprint density at radius 2 is 2.25 bits per heavy atom. The second-order valence-corrected chi connectivity index (χ2v) is 6.02. The van der Waals surface area contributed by atoms with Gasteiger partial charge in [0.25, 0.3) is 0 Å². The van der Waals surface area contributed by atoms with E-state index in [1.807, 2.05) is 19.3 Å². The molecule has 0 spiro atoms. The first-order valence-corrected chi connectivity index (χ1v) is 7.64. The Bertz CT molecular complexity index is 549. The maximum absolute atomic E-state index is 5.05. The smallest absolute Gasteiger partial charge is 0.203 e. The van der Waals surface area contributed by atoms with Crippen molar-refractivity contribution in [3.63, 3.8) is 0 Å². The predicted octanol–water partition coefficient (Wildman–Crippen LogP) is 3.01. The fourth-order valence-corrected chi connectivity index (χ4v) is 3.22. The van der Waals surface area contributed by atoms with Crippen molar-refractivity contribution in [2.24, 2.45) is 0 Å². The van der Waals surface area contributed by atoms with Crippen molar-refractivity contribution in [2.75, 3.05) is 25.6 Å². The summed E-state index contributed by atoms with van der Waals surface area (Å²) in [4.78, 5) is 10.2. The van der Waals surface area contributed by atoms with Crippen molar-refractivity contribution in [1.29, 1.82) is 0 Å². The summed E-state index contributed by atoms with van der Waals surface area (Å²) in [5.41, 5.74) is 1.11. The highest BCUT2D eigenvalue weighted by Crippen LogP contribution is 2.29. The number of rotatable bonds is 7. The molecule has 5 nitrogen and oxygen atoms in total. The third-order valence-corrected chi connectivity index (χ3v) is 4.46. The molecule has 6 heteroatoms. The molecule has 0 aliphatic heterocycles. The first-order chi connectivity index (χ1) is 9.63. The highest BCUT2D eigenvalue weighted by atomic mass is 32.1. The van der Waals surface area contributed by atoms with Crippen LogP contribution in [0.25, 0.3) is 0 Å². The van der Waals surface area contributed by atoms with Crippen LogP contribution in [0.4, 0.5) is 5.95 Å². The van der Waals surface area contributed by atoms with E-state index in [1.54, 1.807) is 18.4 Å². The van der Waals surface area contributed by atoms with E-state index in [9.17, 15) is 0 Å². The third kappa shape index (κ3) is 3.37. The molecule has 1 N–H and O–H groups in total. The molecule has 2 aromatic heterocycles. The molecule has 20 heavy (non-hydrogen) atoms. The van der Waals surface area contributed by atoms with Crippen LogP contribution in [0.5, 0.6) is 0 Å². The van der Waals surface area contributed by atoms with Crippen molar-refractivity contribution in [1.82, 2.24) is 14.5 Å². The first-order valence-electron chi connectivity index (χ1n) is 6.83. The molecule has 0 radical (unpaired) electrons. The third-order valence-electron chi connectivity index (χ3n) is 3.21. The van der Waals surface area contributed by atoms with Crippen LogP contribution in [0.15, 0.2) is 12.4 Å². The standard InChI is InChI=1S/C14H22N4OS/c1-10-13(20-12(3)17-10)11(2)18-8-7-16-14(18)15-6-5-9-19-4/h7-8,11H,5-6,9H2,1-4H3,(H,15,16). The van der Waals surface area contributed by atoms with Gasteiger partial charge in [-0.2, -0.15) is 0 Å². The summed E-state index contributed by atoms with van der Waals surface area (Å²) >= 11 is 1.75. The van der Waals surface area contributed by atoms with Gasteiger partial charge in [0.2, 0.25) is 5.95 Å². The average molecular weight is 294 g/mol. The number of anilines is 1. The van der Waals surface area contributed by atoms with Gasteiger partial charge >= 0.3 is 0 Å². The molecule has 0 saturated heterocycles. The van der Waals surface area contributed by atoms with Crippen molar-refractivity contribution in [3.8, 4) is 0 Å². The maximum atomic E-state index is 5.05. The predicted molar refractivity (Wildman–Crippen MR) is 82.6 cm³/mol. The quantitative estimate of drug-likeness (QED) is 0.798. The fourth-order valence-electron chi connectivity index (χ4n) is 2.24. The number of ether oxygens (including phenoxy) is 1. The zero-order valence-electron chi connectivity index (χ0n) is 12.5. The summed E-state index contributed by atoms with van der Waals surface area (Å²) in [5, 5.41) is 4.47. The van der Waals surface area contributed by atoms with Crippen LogP contribution in [-0.2, 0) is 4.74 Å². The molecule has 2 heterocycles. The molecule has 110 valence electrons. The van der Waals surface area contributed by atoms with Crippen LogP contribution in [0.1, 0.15) is 35.0 Å². The monoisotopic (exact) mass is 294 g/mol. The summed E-state index contributed by atoms with van der Waals surface area (Å²) in [6.45, 7) is 7.92. The lowest BCUT2D eigenvalue weighted by Gasteiger charge is -2.16. The number of aromatic nitrogens is 3. The van der Waals surface area contributed by atoms with Crippen LogP contribution in [0, 0.1) is 13.8 Å². The zero-order chi connectivity index (χ0) is 14.5. The van der Waals surface area contributed by atoms with Gasteiger partial charge in [0.1, 0.15) is 0 Å². The molecule has 0 aromatic carbocycles. The summed E-state index contributed by atoms with van der Waals surface area (Å²) in [7, 11) is 1.72. The first kappa shape index (κ1) is 15.0. The minimum Gasteiger partial charge on any atom is -0.385 e. The van der Waals surface area contributed by atoms with Crippen LogP contribution in [0.2, 0.25) is 0 Å². The van der Waals surface area contributed by atoms with Gasteiger partial charge < -0.3 is 14.6 Å². The zero-order valence-corrected chi connectivity index (χ0v) is 13.3. The van der Waals surface area contributed by atoms with Crippen molar-refractivity contribution in [3.05, 3.63) is 28.0 Å². The second-order valence-electron chi connectivity index (χ2n) is 4.79. The molecular weight excluding hydrogens is 272 g/mol. The lowest BCUT2D eigenvalue weighted by molar-refractivity contribution is 0.197. The molecule has 0 aliphatic rings. The normalized spacial score (nSPS) is 12.6. The number of aryl methyl sites for hydroxylation is 2. The van der Waals surface area contributed by atoms with Gasteiger partial charge in [-0.25, -0.2) is 9.97 Å². The number of hydrogen-bond acceptors (Lipinski definition) is 5. The number of hydrogen-bond donors (Lipinski definition) is 1. The van der Waals surface area contributed by atoms with E-state index in [0.717, 1.165) is 36.2 Å². The Morgan fingerprint density at radius 3 is 2.90 bits per heavy atom. The Balaban J connectivity index is 2.09. The number of methoxy groups -OCH3 is 1. The summed E-state index contributed by atoms with van der Waals surface area (Å²) in [6.07, 6.45) is 4.81. The highest BCUT2D eigenvalue weighted by molar-refractivity contribution is 7.11. The Labute approximate surface area is 124 Å². The number of imidazole rings is 1. The van der Waals surface area contributed by atoms with Crippen LogP contribution in [0.3, 0.4) is 0 Å². The van der Waals surface area contributed by atoms with E-state index in [2.05, 4.69) is 33.7 Å². The molecule has 0 fully saturated rings. The molecule has 0 saturated carbocycles. The lowest BCUT2D eigenvalue weighted by Crippen LogP contribution is -2.13. The highest BCUT2D eigenvalue weighted by Gasteiger charge is 2.17. The molecule has 0 amide bonds. The maximum Gasteiger partial charge on any atom is 0.203 e. The average Bonchev–Trinajstić information content (AvgIpc) is 3.00. The van der Waals surface area contributed by atoms with Gasteiger partial charge in [0.15, 0.2) is 0 Å². The summed E-state index contributed by atoms with van der Waals surface area (Å²) in [5.74, 6) is 0.902. The van der Waals surface area contributed by atoms with Crippen molar-refractivity contribution < 1.29 is 4.74 Å². The Kier molecular flexibility index (Phi) is 5.14. The van der Waals surface area contributed by atoms with Gasteiger partial charge in [-0.05, 0) is 27.2 Å². The topological polar surface area (TPSA) is 52.0 Å². The SMILES string of the molecule is COCCCNc1nccn1C(C)c1sc(C)nc1C. The minimum absolute atomic E-state index is 0.244. The van der Waals surface area contributed by atoms with Crippen LogP contribution < -0.4 is 5.32 Å². The fraction of sp³-hybridized carbons (Fsp3) is 0.571. The van der Waals surface area contributed by atoms with Gasteiger partial charge in [-0.3, -0.25) is 0 Å². The summed E-state index contributed by atoms with van der Waals surface area (Å²) < 4.78 is 7.21. The Morgan fingerprint density at radius 1 is 1.45 bits per heavy atom. The molecule has 2 aromatic rings. The molecular formula is C14H22N4OS. The molecule has 0 bridgehead atoms. The molecule has 2 rings (SSSR count). The van der Waals surface area contributed by atoms with Gasteiger partial charge in [0.05, 0.1) is 21.6 Å². The number of nitrogens with zero attached hydrogens (tertiary/aromatic N) is 3. The number of thiazole rings is 1. The van der Waals surface area contributed by atoms with Crippen molar-refractivity contribution >= 4 is 17.3 Å². The van der Waals surface area contributed by atoms with E-state index < -0.39 is 0 Å². The lowest BCUT2D eigenvalue weighted by atomic mass is 10.2. The minimum atomic E-state index is 0.244. The largest absolute Gasteiger partial charge is 0.385 e. The van der Waals surface area contributed by atoms with E-state index in [-0.39, 0.29) is 6.04 Å². The van der Waals surface area contributed by atoms with Crippen LogP contribution >= 0.6 is 11.3 Å². The van der Waals surface area contributed by atoms with E-state index in [0.29, 0.717) is 0 Å². The van der Waals surface area contributed by atoms with E-state index >= 15 is 0 Å². The number of nitrogens with one attached hydrogen (secondary N) is 1. The van der Waals surface area contributed by atoms with Crippen molar-refractivity contribution in [2.45, 2.75) is 33.2 Å². The van der Waals surface area contributed by atoms with Gasteiger partial charge in [0, 0.05) is 32.7 Å². The van der Waals surface area contributed by atoms with Gasteiger partial charge in [-0.15, -0.1) is 11.3 Å². The van der Waals surface area contributed by atoms with E-state index in [4.69, 9.17) is 4.74 Å². The van der Waals surface area contributed by atoms with E-state index in [1.165, 1.54) is 4.88 Å². The van der Waals surface area contributed by atoms with Gasteiger partial charge in [-0.1, -0.05) is 0 Å². The summed E-state index contributed by atoms with van der Waals surface area (Å²) in [6, 6.07) is 0.244. The molecule has 0 aliphatic carbocycles. The molecule has 1 atom stereocenters. The second kappa shape index (κ2) is 6.85. The van der Waals surface area contributed by atoms with Crippen LogP contribution in [-0.4, -0.2) is 34.8 Å². The molecule has 1 unspecified atom stereocenters.